The summed E-state index contributed by atoms with van der Waals surface area (Å²) in [4.78, 5) is 26.5. The van der Waals surface area contributed by atoms with Gasteiger partial charge in [-0.15, -0.1) is 0 Å². The first-order valence-corrected chi connectivity index (χ1v) is 10.1. The first-order chi connectivity index (χ1) is 14.5. The van der Waals surface area contributed by atoms with Crippen molar-refractivity contribution in [3.05, 3.63) is 99.0 Å². The van der Waals surface area contributed by atoms with E-state index in [9.17, 15) is 14.7 Å². The highest BCUT2D eigenvalue weighted by Gasteiger charge is 2.57. The third kappa shape index (κ3) is 2.03. The minimum atomic E-state index is -0.539. The molecule has 0 atom stereocenters. The molecule has 1 N–H and O–H groups in total. The number of amides is 1. The number of hydrogen-bond donors (Lipinski definition) is 1. The Labute approximate surface area is 173 Å². The lowest BCUT2D eigenvalue weighted by molar-refractivity contribution is 0.0699. The van der Waals surface area contributed by atoms with Gasteiger partial charge in [0, 0.05) is 25.2 Å². The first kappa shape index (κ1) is 17.3. The van der Waals surface area contributed by atoms with Crippen molar-refractivity contribution < 1.29 is 9.90 Å². The van der Waals surface area contributed by atoms with Gasteiger partial charge in [0.15, 0.2) is 11.4 Å². The average Bonchev–Trinajstić information content (AvgIpc) is 3.24. The van der Waals surface area contributed by atoms with E-state index >= 15 is 0 Å². The number of pyridine rings is 1. The number of fused-ring (bicyclic) bond motifs is 6. The highest BCUT2D eigenvalue weighted by molar-refractivity contribution is 5.96. The van der Waals surface area contributed by atoms with Gasteiger partial charge >= 0.3 is 0 Å². The van der Waals surface area contributed by atoms with E-state index in [0.29, 0.717) is 6.67 Å². The van der Waals surface area contributed by atoms with Crippen LogP contribution < -0.4 is 10.4 Å². The zero-order valence-corrected chi connectivity index (χ0v) is 16.6. The quantitative estimate of drug-likeness (QED) is 0.682. The second-order valence-corrected chi connectivity index (χ2v) is 8.55. The average molecular weight is 399 g/mol. The van der Waals surface area contributed by atoms with Crippen LogP contribution in [0.1, 0.15) is 38.7 Å². The van der Waals surface area contributed by atoms with Crippen molar-refractivity contribution >= 4 is 5.91 Å². The summed E-state index contributed by atoms with van der Waals surface area (Å²) >= 11 is 0. The normalized spacial score (nSPS) is 23.8. The maximum Gasteiger partial charge on any atom is 0.277 e. The number of aromatic hydroxyl groups is 1. The van der Waals surface area contributed by atoms with E-state index in [-0.39, 0.29) is 23.1 Å². The molecule has 1 amide bonds. The molecule has 0 saturated carbocycles. The molecule has 0 radical (unpaired) electrons. The number of benzene rings is 2. The van der Waals surface area contributed by atoms with Crippen LogP contribution in [0.3, 0.4) is 0 Å². The van der Waals surface area contributed by atoms with Crippen LogP contribution >= 0.6 is 0 Å². The van der Waals surface area contributed by atoms with Crippen molar-refractivity contribution in [1.29, 1.82) is 0 Å². The van der Waals surface area contributed by atoms with Crippen molar-refractivity contribution in [1.82, 2.24) is 9.58 Å². The Morgan fingerprint density at radius 2 is 1.53 bits per heavy atom. The van der Waals surface area contributed by atoms with Gasteiger partial charge < -0.3 is 10.0 Å². The SMILES string of the molecule is CN1CN(C23Cc4ccccc4C2c2ccccc2C3)n2ccc(=O)c(O)c2C1=O. The van der Waals surface area contributed by atoms with E-state index in [0.717, 1.165) is 12.8 Å². The number of rotatable bonds is 1. The van der Waals surface area contributed by atoms with E-state index in [1.54, 1.807) is 22.8 Å². The molecule has 0 spiro atoms. The molecule has 0 unspecified atom stereocenters. The van der Waals surface area contributed by atoms with Gasteiger partial charge in [0.05, 0.1) is 5.54 Å². The van der Waals surface area contributed by atoms with Crippen LogP contribution in [0.2, 0.25) is 0 Å². The predicted molar refractivity (Wildman–Crippen MR) is 112 cm³/mol. The van der Waals surface area contributed by atoms with Crippen molar-refractivity contribution in [2.24, 2.45) is 0 Å². The maximum atomic E-state index is 12.9. The van der Waals surface area contributed by atoms with Gasteiger partial charge in [-0.05, 0) is 35.1 Å². The van der Waals surface area contributed by atoms with E-state index in [4.69, 9.17) is 0 Å². The van der Waals surface area contributed by atoms with Crippen molar-refractivity contribution in [2.75, 3.05) is 18.7 Å². The molecule has 150 valence electrons. The minimum absolute atomic E-state index is 0.0382. The van der Waals surface area contributed by atoms with E-state index in [2.05, 4.69) is 53.5 Å². The van der Waals surface area contributed by atoms with Crippen LogP contribution in [-0.4, -0.2) is 39.8 Å². The monoisotopic (exact) mass is 399 g/mol. The summed E-state index contributed by atoms with van der Waals surface area (Å²) in [5.74, 6) is -0.681. The van der Waals surface area contributed by atoms with Gasteiger partial charge in [-0.2, -0.15) is 0 Å². The zero-order chi connectivity index (χ0) is 20.6. The molecule has 2 aromatic carbocycles. The Balaban J connectivity index is 1.61. The topological polar surface area (TPSA) is 65.8 Å². The van der Waals surface area contributed by atoms with Gasteiger partial charge in [-0.1, -0.05) is 48.5 Å². The first-order valence-electron chi connectivity index (χ1n) is 10.1. The van der Waals surface area contributed by atoms with Crippen LogP contribution in [-0.2, 0) is 12.8 Å². The van der Waals surface area contributed by atoms with E-state index in [1.807, 2.05) is 0 Å². The van der Waals surface area contributed by atoms with Gasteiger partial charge in [0.1, 0.15) is 6.67 Å². The molecule has 30 heavy (non-hydrogen) atoms. The third-order valence-electron chi connectivity index (χ3n) is 6.99. The van der Waals surface area contributed by atoms with E-state index in [1.165, 1.54) is 28.3 Å². The van der Waals surface area contributed by atoms with Crippen LogP contribution in [0.25, 0.3) is 0 Å². The molecular weight excluding hydrogens is 378 g/mol. The molecule has 0 bridgehead atoms. The number of aromatic nitrogens is 1. The van der Waals surface area contributed by atoms with Gasteiger partial charge in [-0.3, -0.25) is 19.3 Å². The summed E-state index contributed by atoms with van der Waals surface area (Å²) in [6, 6.07) is 18.4. The maximum absolute atomic E-state index is 12.9. The van der Waals surface area contributed by atoms with Gasteiger partial charge in [-0.25, -0.2) is 0 Å². The summed E-state index contributed by atoms with van der Waals surface area (Å²) in [5.41, 5.74) is 4.42. The number of hydrogen-bond acceptors (Lipinski definition) is 4. The molecular formula is C24H21N3O3. The lowest BCUT2D eigenvalue weighted by Crippen LogP contribution is -2.64. The standard InChI is InChI=1S/C24H21N3O3/c1-25-14-27(26-11-10-19(28)22(29)21(26)23(25)30)24-12-15-6-2-4-8-17(15)20(24)18-9-5-3-7-16(18)13-24/h2-11,20,29H,12-14H2,1H3. The Kier molecular flexibility index (Phi) is 3.32. The third-order valence-corrected chi connectivity index (χ3v) is 6.99. The summed E-state index contributed by atoms with van der Waals surface area (Å²) in [7, 11) is 1.71. The lowest BCUT2D eigenvalue weighted by Gasteiger charge is -2.49. The minimum Gasteiger partial charge on any atom is -0.502 e. The molecule has 6 rings (SSSR count). The molecule has 2 heterocycles. The molecule has 3 aromatic rings. The molecule has 1 aromatic heterocycles. The zero-order valence-electron chi connectivity index (χ0n) is 16.6. The highest BCUT2D eigenvalue weighted by atomic mass is 16.3. The Morgan fingerprint density at radius 3 is 2.17 bits per heavy atom. The lowest BCUT2D eigenvalue weighted by atomic mass is 9.84. The van der Waals surface area contributed by atoms with Crippen molar-refractivity contribution in [3.8, 4) is 5.75 Å². The Hall–Kier alpha value is -3.54. The summed E-state index contributed by atoms with van der Waals surface area (Å²) in [6.07, 6.45) is 3.29. The van der Waals surface area contributed by atoms with Crippen molar-refractivity contribution in [2.45, 2.75) is 24.3 Å². The molecule has 0 fully saturated rings. The van der Waals surface area contributed by atoms with Crippen LogP contribution in [0, 0.1) is 0 Å². The summed E-state index contributed by atoms with van der Waals surface area (Å²) in [6.45, 7) is 0.382. The number of nitrogens with zero attached hydrogens (tertiary/aromatic N) is 3. The molecule has 0 saturated heterocycles. The fraction of sp³-hybridized carbons (Fsp3) is 0.250. The predicted octanol–water partition coefficient (Wildman–Crippen LogP) is 2.22. The Bertz CT molecular complexity index is 1230. The smallest absolute Gasteiger partial charge is 0.277 e. The Morgan fingerprint density at radius 1 is 0.933 bits per heavy atom. The highest BCUT2D eigenvalue weighted by Crippen LogP contribution is 2.55. The molecule has 6 nitrogen and oxygen atoms in total. The van der Waals surface area contributed by atoms with Crippen molar-refractivity contribution in [3.63, 3.8) is 0 Å². The largest absolute Gasteiger partial charge is 0.502 e. The fourth-order valence-electron chi connectivity index (χ4n) is 5.74. The fourth-order valence-corrected chi connectivity index (χ4v) is 5.74. The van der Waals surface area contributed by atoms with Crippen LogP contribution in [0.15, 0.2) is 65.6 Å². The molecule has 2 aliphatic carbocycles. The number of carbonyl (C=O) groups is 1. The van der Waals surface area contributed by atoms with Crippen LogP contribution in [0.4, 0.5) is 0 Å². The molecule has 1 aliphatic heterocycles. The second-order valence-electron chi connectivity index (χ2n) is 8.55. The second kappa shape index (κ2) is 5.75. The molecule has 3 aliphatic rings. The summed E-state index contributed by atoms with van der Waals surface area (Å²) < 4.78 is 1.71. The van der Waals surface area contributed by atoms with Gasteiger partial charge in [0.25, 0.3) is 5.91 Å². The van der Waals surface area contributed by atoms with E-state index < -0.39 is 11.2 Å². The summed E-state index contributed by atoms with van der Waals surface area (Å²) in [5, 5.41) is 12.6. The van der Waals surface area contributed by atoms with Gasteiger partial charge in [0.2, 0.25) is 5.43 Å². The number of carbonyl (C=O) groups excluding carboxylic acids is 1. The van der Waals surface area contributed by atoms with Crippen LogP contribution in [0.5, 0.6) is 5.75 Å². The molecule has 6 heteroatoms.